The Hall–Kier alpha value is -3.09. The van der Waals surface area contributed by atoms with Crippen LogP contribution in [-0.4, -0.2) is 39.5 Å². The summed E-state index contributed by atoms with van der Waals surface area (Å²) in [6, 6.07) is 16.8. The average molecular weight is 364 g/mol. The van der Waals surface area contributed by atoms with Crippen LogP contribution in [0.25, 0.3) is 5.69 Å². The summed E-state index contributed by atoms with van der Waals surface area (Å²) < 4.78 is 7.62. The highest BCUT2D eigenvalue weighted by Crippen LogP contribution is 2.28. The number of aryl methyl sites for hydroxylation is 1. The van der Waals surface area contributed by atoms with E-state index >= 15 is 0 Å². The van der Waals surface area contributed by atoms with E-state index in [1.54, 1.807) is 4.68 Å². The maximum Gasteiger partial charge on any atom is 0.159 e. The Bertz CT molecular complexity index is 909. The molecule has 1 aliphatic rings. The maximum absolute atomic E-state index is 5.91. The van der Waals surface area contributed by atoms with Crippen molar-refractivity contribution in [2.75, 3.05) is 23.5 Å². The van der Waals surface area contributed by atoms with Crippen molar-refractivity contribution in [3.8, 4) is 11.4 Å². The second-order valence-corrected chi connectivity index (χ2v) is 6.84. The quantitative estimate of drug-likeness (QED) is 0.676. The fourth-order valence-corrected chi connectivity index (χ4v) is 3.49. The lowest BCUT2D eigenvalue weighted by atomic mass is 10.2. The molecule has 2 aromatic carbocycles. The third-order valence-corrected chi connectivity index (χ3v) is 4.93. The number of benzene rings is 2. The predicted octanol–water partition coefficient (Wildman–Crippen LogP) is 3.41. The zero-order chi connectivity index (χ0) is 18.6. The van der Waals surface area contributed by atoms with Crippen LogP contribution in [0.4, 0.5) is 11.4 Å². The van der Waals surface area contributed by atoms with Gasteiger partial charge in [-0.05, 0) is 67.4 Å². The van der Waals surface area contributed by atoms with Gasteiger partial charge in [0.1, 0.15) is 5.75 Å². The Morgan fingerprint density at radius 3 is 2.78 bits per heavy atom. The predicted molar refractivity (Wildman–Crippen MR) is 105 cm³/mol. The first-order chi connectivity index (χ1) is 13.2. The van der Waals surface area contributed by atoms with Gasteiger partial charge in [-0.15, -0.1) is 5.10 Å². The summed E-state index contributed by atoms with van der Waals surface area (Å²) in [6.07, 6.45) is 2.51. The second-order valence-electron chi connectivity index (χ2n) is 6.84. The summed E-state index contributed by atoms with van der Waals surface area (Å²) in [5.41, 5.74) is 3.09. The van der Waals surface area contributed by atoms with Crippen LogP contribution in [0.2, 0.25) is 0 Å². The van der Waals surface area contributed by atoms with Crippen LogP contribution in [0.15, 0.2) is 48.5 Å². The molecule has 0 spiro atoms. The molecular weight excluding hydrogens is 340 g/mol. The highest BCUT2D eigenvalue weighted by molar-refractivity contribution is 5.53. The van der Waals surface area contributed by atoms with Gasteiger partial charge >= 0.3 is 0 Å². The number of nitrogens with one attached hydrogen (secondary N) is 1. The van der Waals surface area contributed by atoms with E-state index in [1.807, 2.05) is 37.3 Å². The van der Waals surface area contributed by atoms with Gasteiger partial charge in [-0.25, -0.2) is 0 Å². The van der Waals surface area contributed by atoms with E-state index in [9.17, 15) is 0 Å². The summed E-state index contributed by atoms with van der Waals surface area (Å²) >= 11 is 0. The van der Waals surface area contributed by atoms with Crippen LogP contribution in [-0.2, 0) is 0 Å². The maximum atomic E-state index is 5.91. The summed E-state index contributed by atoms with van der Waals surface area (Å²) in [6.45, 7) is 5.65. The number of nitrogens with zero attached hydrogens (tertiary/aromatic N) is 5. The topological polar surface area (TPSA) is 68.1 Å². The minimum Gasteiger partial charge on any atom is -0.473 e. The molecule has 3 aromatic rings. The fourth-order valence-electron chi connectivity index (χ4n) is 3.49. The van der Waals surface area contributed by atoms with E-state index in [2.05, 4.69) is 50.9 Å². The molecule has 0 amide bonds. The smallest absolute Gasteiger partial charge is 0.159 e. The molecule has 0 bridgehead atoms. The number of hydrogen-bond acceptors (Lipinski definition) is 6. The summed E-state index contributed by atoms with van der Waals surface area (Å²) in [7, 11) is 0. The van der Waals surface area contributed by atoms with Crippen LogP contribution in [0.3, 0.4) is 0 Å². The standard InChI is InChI=1S/C20H24N6O/c1-15-6-5-11-25(15)18-8-4-10-20(13-18)27-14-21-17-7-3-9-19(12-17)26-16(2)22-23-24-26/h3-4,7-10,12-13,15,21H,5-6,11,14H2,1-2H3. The zero-order valence-electron chi connectivity index (χ0n) is 15.7. The van der Waals surface area contributed by atoms with Crippen LogP contribution in [0.1, 0.15) is 25.6 Å². The van der Waals surface area contributed by atoms with E-state index < -0.39 is 0 Å². The first kappa shape index (κ1) is 17.3. The van der Waals surface area contributed by atoms with Gasteiger partial charge in [-0.1, -0.05) is 12.1 Å². The van der Waals surface area contributed by atoms with Crippen molar-refractivity contribution in [2.24, 2.45) is 0 Å². The number of aromatic nitrogens is 4. The number of ether oxygens (including phenoxy) is 1. The lowest BCUT2D eigenvalue weighted by Gasteiger charge is -2.24. The zero-order valence-corrected chi connectivity index (χ0v) is 15.7. The van der Waals surface area contributed by atoms with Gasteiger partial charge in [0, 0.05) is 30.0 Å². The van der Waals surface area contributed by atoms with Gasteiger partial charge in [0.15, 0.2) is 12.6 Å². The van der Waals surface area contributed by atoms with Crippen molar-refractivity contribution in [2.45, 2.75) is 32.7 Å². The third-order valence-electron chi connectivity index (χ3n) is 4.93. The SMILES string of the molecule is Cc1nnnn1-c1cccc(NCOc2cccc(N3CCCC3C)c2)c1. The normalized spacial score (nSPS) is 16.5. The molecular formula is C20H24N6O. The molecule has 4 rings (SSSR count). The molecule has 7 nitrogen and oxygen atoms in total. The van der Waals surface area contributed by atoms with Crippen LogP contribution < -0.4 is 15.0 Å². The minimum atomic E-state index is 0.386. The molecule has 7 heteroatoms. The third kappa shape index (κ3) is 3.86. The molecule has 0 aliphatic carbocycles. The molecule has 1 aliphatic heterocycles. The first-order valence-corrected chi connectivity index (χ1v) is 9.29. The highest BCUT2D eigenvalue weighted by Gasteiger charge is 2.20. The summed E-state index contributed by atoms with van der Waals surface area (Å²) in [4.78, 5) is 2.44. The number of tetrazole rings is 1. The number of anilines is 2. The molecule has 140 valence electrons. The van der Waals surface area contributed by atoms with Crippen LogP contribution >= 0.6 is 0 Å². The summed E-state index contributed by atoms with van der Waals surface area (Å²) in [5.74, 6) is 1.61. The number of rotatable bonds is 6. The monoisotopic (exact) mass is 364 g/mol. The van der Waals surface area contributed by atoms with E-state index in [4.69, 9.17) is 4.74 Å². The molecule has 27 heavy (non-hydrogen) atoms. The van der Waals surface area contributed by atoms with Crippen molar-refractivity contribution < 1.29 is 4.74 Å². The van der Waals surface area contributed by atoms with Crippen LogP contribution in [0, 0.1) is 6.92 Å². The molecule has 1 saturated heterocycles. The van der Waals surface area contributed by atoms with E-state index in [-0.39, 0.29) is 0 Å². The molecule has 1 fully saturated rings. The van der Waals surface area contributed by atoms with E-state index in [0.717, 1.165) is 29.5 Å². The van der Waals surface area contributed by atoms with Gasteiger partial charge in [0.2, 0.25) is 0 Å². The Morgan fingerprint density at radius 1 is 1.15 bits per heavy atom. The van der Waals surface area contributed by atoms with Crippen molar-refractivity contribution in [1.82, 2.24) is 20.2 Å². The molecule has 0 radical (unpaired) electrons. The van der Waals surface area contributed by atoms with Gasteiger partial charge in [-0.3, -0.25) is 0 Å². The second kappa shape index (κ2) is 7.65. The van der Waals surface area contributed by atoms with Crippen molar-refractivity contribution in [3.63, 3.8) is 0 Å². The molecule has 2 heterocycles. The van der Waals surface area contributed by atoms with Gasteiger partial charge < -0.3 is 15.0 Å². The Balaban J connectivity index is 1.38. The Kier molecular flexibility index (Phi) is 4.91. The Morgan fingerprint density at radius 2 is 2.00 bits per heavy atom. The molecule has 1 N–H and O–H groups in total. The largest absolute Gasteiger partial charge is 0.473 e. The molecule has 1 aromatic heterocycles. The lowest BCUT2D eigenvalue weighted by molar-refractivity contribution is 0.347. The summed E-state index contributed by atoms with van der Waals surface area (Å²) in [5, 5.41) is 14.9. The van der Waals surface area contributed by atoms with Crippen molar-refractivity contribution in [3.05, 3.63) is 54.4 Å². The van der Waals surface area contributed by atoms with Gasteiger partial charge in [-0.2, -0.15) is 4.68 Å². The molecule has 0 saturated carbocycles. The average Bonchev–Trinajstić information content (AvgIpc) is 3.30. The Labute approximate surface area is 159 Å². The van der Waals surface area contributed by atoms with E-state index in [1.165, 1.54) is 18.5 Å². The minimum absolute atomic E-state index is 0.386. The lowest BCUT2D eigenvalue weighted by Crippen LogP contribution is -2.26. The van der Waals surface area contributed by atoms with Crippen LogP contribution in [0.5, 0.6) is 5.75 Å². The number of hydrogen-bond donors (Lipinski definition) is 1. The molecule has 1 atom stereocenters. The molecule has 1 unspecified atom stereocenters. The van der Waals surface area contributed by atoms with Crippen molar-refractivity contribution in [1.29, 1.82) is 0 Å². The van der Waals surface area contributed by atoms with Gasteiger partial charge in [0.25, 0.3) is 0 Å². The van der Waals surface area contributed by atoms with E-state index in [0.29, 0.717) is 12.8 Å². The first-order valence-electron chi connectivity index (χ1n) is 9.29. The highest BCUT2D eigenvalue weighted by atomic mass is 16.5. The fraction of sp³-hybridized carbons (Fsp3) is 0.350. The van der Waals surface area contributed by atoms with Crippen molar-refractivity contribution >= 4 is 11.4 Å². The van der Waals surface area contributed by atoms with Gasteiger partial charge in [0.05, 0.1) is 5.69 Å².